The fourth-order valence-electron chi connectivity index (χ4n) is 1.24. The van der Waals surface area contributed by atoms with E-state index < -0.39 is 18.4 Å². The Morgan fingerprint density at radius 2 is 2.11 bits per heavy atom. The van der Waals surface area contributed by atoms with Gasteiger partial charge in [-0.3, -0.25) is 0 Å². The van der Waals surface area contributed by atoms with Gasteiger partial charge in [-0.25, -0.2) is 19.2 Å². The molecular weight excluding hydrogens is 251 g/mol. The van der Waals surface area contributed by atoms with Gasteiger partial charge in [0.15, 0.2) is 0 Å². The van der Waals surface area contributed by atoms with E-state index in [2.05, 4.69) is 20.6 Å². The van der Waals surface area contributed by atoms with Crippen LogP contribution in [0.2, 0.25) is 0 Å². The summed E-state index contributed by atoms with van der Waals surface area (Å²) < 4.78 is 17.4. The van der Waals surface area contributed by atoms with Gasteiger partial charge < -0.3 is 15.4 Å². The summed E-state index contributed by atoms with van der Waals surface area (Å²) in [6.45, 7) is 5.60. The number of ether oxygens (including phenoxy) is 1. The first kappa shape index (κ1) is 15.1. The van der Waals surface area contributed by atoms with Crippen LogP contribution >= 0.6 is 0 Å². The van der Waals surface area contributed by atoms with Crippen LogP contribution in [0.25, 0.3) is 0 Å². The molecule has 0 radical (unpaired) electrons. The number of hydrogen-bond donors (Lipinski definition) is 2. The molecule has 0 aromatic carbocycles. The zero-order chi connectivity index (χ0) is 14.3. The fourth-order valence-corrected chi connectivity index (χ4v) is 1.24. The SMILES string of the molecule is CC(C)(C)OC(=O)NCCNc1cc(CF)ncn1. The second kappa shape index (κ2) is 6.86. The Labute approximate surface area is 111 Å². The lowest BCUT2D eigenvalue weighted by molar-refractivity contribution is 0.0530. The largest absolute Gasteiger partial charge is 0.444 e. The van der Waals surface area contributed by atoms with Crippen molar-refractivity contribution in [3.63, 3.8) is 0 Å². The third-order valence-electron chi connectivity index (χ3n) is 1.96. The number of carbonyl (C=O) groups is 1. The van der Waals surface area contributed by atoms with Crippen LogP contribution in [0.3, 0.4) is 0 Å². The number of nitrogens with one attached hydrogen (secondary N) is 2. The standard InChI is InChI=1S/C12H19FN4O2/c1-12(2,3)19-11(18)15-5-4-14-10-6-9(7-13)16-8-17-10/h6,8H,4-5,7H2,1-3H3,(H,15,18)(H,14,16,17). The van der Waals surface area contributed by atoms with Crippen molar-refractivity contribution < 1.29 is 13.9 Å². The molecule has 0 atom stereocenters. The molecule has 7 heteroatoms. The van der Waals surface area contributed by atoms with Crippen molar-refractivity contribution in [1.29, 1.82) is 0 Å². The zero-order valence-electron chi connectivity index (χ0n) is 11.4. The fraction of sp³-hybridized carbons (Fsp3) is 0.583. The predicted molar refractivity (Wildman–Crippen MR) is 69.6 cm³/mol. The van der Waals surface area contributed by atoms with E-state index in [4.69, 9.17) is 4.74 Å². The number of amides is 1. The molecule has 1 amide bonds. The Balaban J connectivity index is 2.25. The van der Waals surface area contributed by atoms with Gasteiger partial charge in [0, 0.05) is 19.2 Å². The van der Waals surface area contributed by atoms with Crippen LogP contribution in [-0.4, -0.2) is 34.8 Å². The van der Waals surface area contributed by atoms with Crippen molar-refractivity contribution in [2.75, 3.05) is 18.4 Å². The second-order valence-corrected chi connectivity index (χ2v) is 4.88. The molecule has 0 aliphatic carbocycles. The molecule has 0 fully saturated rings. The van der Waals surface area contributed by atoms with Gasteiger partial charge in [-0.2, -0.15) is 0 Å². The van der Waals surface area contributed by atoms with Crippen LogP contribution in [0.15, 0.2) is 12.4 Å². The van der Waals surface area contributed by atoms with Gasteiger partial charge in [0.05, 0.1) is 5.69 Å². The summed E-state index contributed by atoms with van der Waals surface area (Å²) in [6.07, 6.45) is 0.819. The maximum Gasteiger partial charge on any atom is 0.407 e. The van der Waals surface area contributed by atoms with E-state index in [1.54, 1.807) is 20.8 Å². The van der Waals surface area contributed by atoms with Gasteiger partial charge in [-0.1, -0.05) is 0 Å². The topological polar surface area (TPSA) is 76.1 Å². The Kier molecular flexibility index (Phi) is 5.47. The van der Waals surface area contributed by atoms with Crippen molar-refractivity contribution in [3.05, 3.63) is 18.1 Å². The van der Waals surface area contributed by atoms with Crippen molar-refractivity contribution in [1.82, 2.24) is 15.3 Å². The van der Waals surface area contributed by atoms with Gasteiger partial charge in [-0.05, 0) is 20.8 Å². The molecule has 6 nitrogen and oxygen atoms in total. The minimum Gasteiger partial charge on any atom is -0.444 e. The molecule has 2 N–H and O–H groups in total. The van der Waals surface area contributed by atoms with E-state index in [0.717, 1.165) is 0 Å². The first-order valence-corrected chi connectivity index (χ1v) is 5.98. The maximum absolute atomic E-state index is 12.4. The summed E-state index contributed by atoms with van der Waals surface area (Å²) in [5.41, 5.74) is -0.196. The highest BCUT2D eigenvalue weighted by Crippen LogP contribution is 2.06. The number of halogens is 1. The lowest BCUT2D eigenvalue weighted by atomic mass is 10.2. The molecule has 106 valence electrons. The van der Waals surface area contributed by atoms with Gasteiger partial charge in [-0.15, -0.1) is 0 Å². The number of alkyl halides is 1. The van der Waals surface area contributed by atoms with E-state index in [1.165, 1.54) is 12.4 Å². The van der Waals surface area contributed by atoms with Gasteiger partial charge >= 0.3 is 6.09 Å². The van der Waals surface area contributed by atoms with E-state index in [-0.39, 0.29) is 0 Å². The van der Waals surface area contributed by atoms with E-state index in [1.807, 2.05) is 0 Å². The van der Waals surface area contributed by atoms with Crippen molar-refractivity contribution >= 4 is 11.9 Å². The summed E-state index contributed by atoms with van der Waals surface area (Å²) in [5, 5.41) is 5.55. The van der Waals surface area contributed by atoms with Crippen LogP contribution in [-0.2, 0) is 11.4 Å². The lowest BCUT2D eigenvalue weighted by Gasteiger charge is -2.19. The molecule has 1 aromatic rings. The monoisotopic (exact) mass is 270 g/mol. The predicted octanol–water partition coefficient (Wildman–Crippen LogP) is 1.88. The van der Waals surface area contributed by atoms with Crippen molar-refractivity contribution in [2.45, 2.75) is 33.0 Å². The van der Waals surface area contributed by atoms with Crippen molar-refractivity contribution in [2.24, 2.45) is 0 Å². The van der Waals surface area contributed by atoms with E-state index in [9.17, 15) is 9.18 Å². The third kappa shape index (κ3) is 6.54. The highest BCUT2D eigenvalue weighted by atomic mass is 19.1. The summed E-state index contributed by atoms with van der Waals surface area (Å²) in [7, 11) is 0. The molecular formula is C12H19FN4O2. The Bertz CT molecular complexity index is 420. The molecule has 1 rings (SSSR count). The average molecular weight is 270 g/mol. The molecule has 0 aliphatic heterocycles. The summed E-state index contributed by atoms with van der Waals surface area (Å²) in [6, 6.07) is 1.52. The van der Waals surface area contributed by atoms with Crippen molar-refractivity contribution in [3.8, 4) is 0 Å². The third-order valence-corrected chi connectivity index (χ3v) is 1.96. The van der Waals surface area contributed by atoms with Gasteiger partial charge in [0.2, 0.25) is 0 Å². The van der Waals surface area contributed by atoms with E-state index >= 15 is 0 Å². The molecule has 1 heterocycles. The number of aromatic nitrogens is 2. The van der Waals surface area contributed by atoms with Crippen LogP contribution in [0, 0.1) is 0 Å². The number of alkyl carbamates (subject to hydrolysis) is 1. The normalized spacial score (nSPS) is 10.9. The number of carbonyl (C=O) groups excluding carboxylic acids is 1. The molecule has 1 aromatic heterocycles. The maximum atomic E-state index is 12.4. The Hall–Kier alpha value is -1.92. The first-order valence-electron chi connectivity index (χ1n) is 5.98. The Morgan fingerprint density at radius 3 is 2.74 bits per heavy atom. The minimum absolute atomic E-state index is 0.317. The van der Waals surface area contributed by atoms with Crippen LogP contribution in [0.1, 0.15) is 26.5 Å². The molecule has 0 spiro atoms. The quantitative estimate of drug-likeness (QED) is 0.799. The summed E-state index contributed by atoms with van der Waals surface area (Å²) >= 11 is 0. The molecule has 19 heavy (non-hydrogen) atoms. The second-order valence-electron chi connectivity index (χ2n) is 4.88. The minimum atomic E-state index is -0.632. The first-order chi connectivity index (χ1) is 8.90. The molecule has 0 saturated heterocycles. The summed E-state index contributed by atoms with van der Waals surface area (Å²) in [4.78, 5) is 19.0. The Morgan fingerprint density at radius 1 is 1.37 bits per heavy atom. The highest BCUT2D eigenvalue weighted by Gasteiger charge is 2.15. The number of rotatable bonds is 5. The molecule has 0 bridgehead atoms. The van der Waals surface area contributed by atoms with Crippen LogP contribution in [0.5, 0.6) is 0 Å². The number of hydrogen-bond acceptors (Lipinski definition) is 5. The molecule has 0 aliphatic rings. The smallest absolute Gasteiger partial charge is 0.407 e. The summed E-state index contributed by atoms with van der Waals surface area (Å²) in [5.74, 6) is 0.522. The highest BCUT2D eigenvalue weighted by molar-refractivity contribution is 5.67. The average Bonchev–Trinajstić information content (AvgIpc) is 2.33. The molecule has 0 unspecified atom stereocenters. The van der Waals surface area contributed by atoms with Gasteiger partial charge in [0.25, 0.3) is 0 Å². The number of nitrogens with zero attached hydrogens (tertiary/aromatic N) is 2. The van der Waals surface area contributed by atoms with Crippen LogP contribution < -0.4 is 10.6 Å². The van der Waals surface area contributed by atoms with E-state index in [0.29, 0.717) is 24.6 Å². The van der Waals surface area contributed by atoms with Crippen LogP contribution in [0.4, 0.5) is 15.0 Å². The lowest BCUT2D eigenvalue weighted by Crippen LogP contribution is -2.35. The number of anilines is 1. The van der Waals surface area contributed by atoms with Gasteiger partial charge in [0.1, 0.15) is 24.4 Å². The molecule has 0 saturated carbocycles. The zero-order valence-corrected chi connectivity index (χ0v) is 11.4.